The molecule has 21 heavy (non-hydrogen) atoms. The van der Waals surface area contributed by atoms with Crippen molar-refractivity contribution in [3.63, 3.8) is 0 Å². The number of aliphatic hydroxyl groups excluding tert-OH is 1. The molecule has 1 atom stereocenters. The van der Waals surface area contributed by atoms with Crippen molar-refractivity contribution in [3.05, 3.63) is 0 Å². The Labute approximate surface area is 131 Å². The molecule has 0 aliphatic heterocycles. The zero-order chi connectivity index (χ0) is 15.6. The summed E-state index contributed by atoms with van der Waals surface area (Å²) in [5.41, 5.74) is 2.70. The molecule has 0 aromatic heterocycles. The van der Waals surface area contributed by atoms with Crippen molar-refractivity contribution in [1.82, 2.24) is 5.48 Å². The highest BCUT2D eigenvalue weighted by atomic mass is 16.6. The van der Waals surface area contributed by atoms with Crippen LogP contribution >= 0.6 is 0 Å². The Kier molecular flexibility index (Phi) is 17.8. The summed E-state index contributed by atoms with van der Waals surface area (Å²) in [6, 6.07) is 0. The summed E-state index contributed by atoms with van der Waals surface area (Å²) in [7, 11) is 0. The Morgan fingerprint density at radius 2 is 1.43 bits per heavy atom. The van der Waals surface area contributed by atoms with E-state index < -0.39 is 6.10 Å². The highest BCUT2D eigenvalue weighted by Crippen LogP contribution is 2.10. The minimum Gasteiger partial charge on any atom is -0.389 e. The zero-order valence-corrected chi connectivity index (χ0v) is 14.2. The second-order valence-electron chi connectivity index (χ2n) is 5.69. The lowest BCUT2D eigenvalue weighted by Gasteiger charge is -2.11. The Hall–Kier alpha value is -0.160. The van der Waals surface area contributed by atoms with Gasteiger partial charge in [-0.2, -0.15) is 5.48 Å². The van der Waals surface area contributed by atoms with Crippen LogP contribution in [0.25, 0.3) is 0 Å². The van der Waals surface area contributed by atoms with Gasteiger partial charge in [0, 0.05) is 13.2 Å². The molecule has 0 rings (SSSR count). The van der Waals surface area contributed by atoms with Gasteiger partial charge in [-0.3, -0.25) is 0 Å². The Balaban J connectivity index is 3.05. The lowest BCUT2D eigenvalue weighted by Crippen LogP contribution is -2.30. The first kappa shape index (κ1) is 20.8. The highest BCUT2D eigenvalue weighted by Gasteiger charge is 2.03. The first-order valence-corrected chi connectivity index (χ1v) is 8.91. The molecule has 1 unspecified atom stereocenters. The van der Waals surface area contributed by atoms with Crippen molar-refractivity contribution in [3.8, 4) is 0 Å². The zero-order valence-electron chi connectivity index (χ0n) is 14.2. The molecular formula is C17H37NO3. The predicted molar refractivity (Wildman–Crippen MR) is 88.3 cm³/mol. The fraction of sp³-hybridized carbons (Fsp3) is 1.00. The minimum absolute atomic E-state index is 0.386. The van der Waals surface area contributed by atoms with Gasteiger partial charge in [-0.1, -0.05) is 64.7 Å². The molecule has 0 aromatic rings. The molecule has 128 valence electrons. The third-order valence-corrected chi connectivity index (χ3v) is 3.52. The van der Waals surface area contributed by atoms with Crippen LogP contribution in [0.4, 0.5) is 0 Å². The second-order valence-corrected chi connectivity index (χ2v) is 5.69. The van der Waals surface area contributed by atoms with Gasteiger partial charge in [-0.15, -0.1) is 0 Å². The molecule has 0 aromatic carbocycles. The van der Waals surface area contributed by atoms with Crippen molar-refractivity contribution in [1.29, 1.82) is 0 Å². The van der Waals surface area contributed by atoms with Crippen LogP contribution < -0.4 is 5.48 Å². The molecule has 2 N–H and O–H groups in total. The van der Waals surface area contributed by atoms with Crippen molar-refractivity contribution in [2.24, 2.45) is 0 Å². The lowest BCUT2D eigenvalue weighted by atomic mass is 10.1. The largest absolute Gasteiger partial charge is 0.389 e. The van der Waals surface area contributed by atoms with Gasteiger partial charge in [0.25, 0.3) is 0 Å². The maximum absolute atomic E-state index is 9.57. The Bertz CT molecular complexity index is 191. The summed E-state index contributed by atoms with van der Waals surface area (Å²) in [4.78, 5) is 4.95. The van der Waals surface area contributed by atoms with E-state index in [1.165, 1.54) is 57.8 Å². The summed E-state index contributed by atoms with van der Waals surface area (Å²) in [5.74, 6) is 0. The summed E-state index contributed by atoms with van der Waals surface area (Å²) in [5, 5.41) is 9.57. The van der Waals surface area contributed by atoms with Crippen molar-refractivity contribution in [2.75, 3.05) is 26.4 Å². The summed E-state index contributed by atoms with van der Waals surface area (Å²) in [6.45, 7) is 6.33. The van der Waals surface area contributed by atoms with Crippen molar-refractivity contribution >= 4 is 0 Å². The fourth-order valence-corrected chi connectivity index (χ4v) is 2.23. The van der Waals surface area contributed by atoms with Gasteiger partial charge in [-0.25, -0.2) is 0 Å². The normalized spacial score (nSPS) is 12.7. The van der Waals surface area contributed by atoms with Crippen LogP contribution in [0.1, 0.15) is 78.1 Å². The summed E-state index contributed by atoms with van der Waals surface area (Å²) >= 11 is 0. The van der Waals surface area contributed by atoms with E-state index in [9.17, 15) is 5.11 Å². The molecule has 0 bridgehead atoms. The smallest absolute Gasteiger partial charge is 0.0920 e. The number of nitrogens with one attached hydrogen (secondary N) is 1. The van der Waals surface area contributed by atoms with Gasteiger partial charge in [-0.05, 0) is 13.3 Å². The third-order valence-electron chi connectivity index (χ3n) is 3.52. The van der Waals surface area contributed by atoms with E-state index in [4.69, 9.17) is 9.57 Å². The van der Waals surface area contributed by atoms with Gasteiger partial charge in [0.2, 0.25) is 0 Å². The number of rotatable bonds is 17. The minimum atomic E-state index is -0.486. The van der Waals surface area contributed by atoms with Crippen LogP contribution in [0, 0.1) is 0 Å². The fourth-order valence-electron chi connectivity index (χ4n) is 2.23. The maximum Gasteiger partial charge on any atom is 0.0920 e. The van der Waals surface area contributed by atoms with Crippen LogP contribution in [0.2, 0.25) is 0 Å². The quantitative estimate of drug-likeness (QED) is 0.317. The van der Waals surface area contributed by atoms with Crippen LogP contribution in [-0.4, -0.2) is 37.6 Å². The second kappa shape index (κ2) is 17.9. The van der Waals surface area contributed by atoms with Gasteiger partial charge in [0.15, 0.2) is 0 Å². The number of hydroxylamine groups is 1. The van der Waals surface area contributed by atoms with Crippen molar-refractivity contribution in [2.45, 2.75) is 84.2 Å². The molecule has 0 radical (unpaired) electrons. The molecule has 0 amide bonds. The molecule has 4 nitrogen and oxygen atoms in total. The van der Waals surface area contributed by atoms with E-state index in [0.29, 0.717) is 19.8 Å². The van der Waals surface area contributed by atoms with Crippen LogP contribution in [0.3, 0.4) is 0 Å². The maximum atomic E-state index is 9.57. The third kappa shape index (κ3) is 17.8. The molecule has 0 saturated heterocycles. The van der Waals surface area contributed by atoms with Crippen LogP contribution in [-0.2, 0) is 9.57 Å². The monoisotopic (exact) mass is 303 g/mol. The number of hydrogen-bond acceptors (Lipinski definition) is 4. The molecular weight excluding hydrogens is 266 g/mol. The Morgan fingerprint density at radius 1 is 0.857 bits per heavy atom. The summed E-state index contributed by atoms with van der Waals surface area (Å²) in [6.07, 6.45) is 12.8. The molecule has 0 spiro atoms. The topological polar surface area (TPSA) is 50.7 Å². The van der Waals surface area contributed by atoms with E-state index in [1.807, 2.05) is 6.92 Å². The van der Waals surface area contributed by atoms with E-state index >= 15 is 0 Å². The Morgan fingerprint density at radius 3 is 2.00 bits per heavy atom. The molecule has 4 heteroatoms. The molecule has 0 heterocycles. The van der Waals surface area contributed by atoms with Gasteiger partial charge in [0.1, 0.15) is 0 Å². The van der Waals surface area contributed by atoms with Gasteiger partial charge < -0.3 is 14.7 Å². The molecule has 0 fully saturated rings. The van der Waals surface area contributed by atoms with E-state index in [1.54, 1.807) is 0 Å². The molecule has 0 saturated carbocycles. The highest BCUT2D eigenvalue weighted by molar-refractivity contribution is 4.54. The van der Waals surface area contributed by atoms with Crippen LogP contribution in [0.15, 0.2) is 0 Å². The van der Waals surface area contributed by atoms with Crippen LogP contribution in [0.5, 0.6) is 0 Å². The summed E-state index contributed by atoms with van der Waals surface area (Å²) < 4.78 is 5.45. The average molecular weight is 303 g/mol. The van der Waals surface area contributed by atoms with E-state index in [2.05, 4.69) is 12.4 Å². The van der Waals surface area contributed by atoms with Crippen molar-refractivity contribution < 1.29 is 14.7 Å². The molecule has 0 aliphatic carbocycles. The van der Waals surface area contributed by atoms with Gasteiger partial charge in [0.05, 0.1) is 19.3 Å². The van der Waals surface area contributed by atoms with E-state index in [0.717, 1.165) is 13.0 Å². The van der Waals surface area contributed by atoms with Gasteiger partial charge >= 0.3 is 0 Å². The number of hydrogen-bond donors (Lipinski definition) is 2. The first-order valence-electron chi connectivity index (χ1n) is 8.91. The standard InChI is InChI=1S/C17H37NO3/c1-3-5-6-7-8-9-10-11-12-13-14-20-16-17(19)15-18-21-4-2/h17-19H,3-16H2,1-2H3. The SMILES string of the molecule is CCCCCCCCCCCCOCC(O)CNOCC. The first-order chi connectivity index (χ1) is 10.3. The van der Waals surface area contributed by atoms with E-state index in [-0.39, 0.29) is 0 Å². The number of ether oxygens (including phenoxy) is 1. The average Bonchev–Trinajstić information content (AvgIpc) is 2.48. The predicted octanol–water partition coefficient (Wildman–Crippen LogP) is 3.83. The number of aliphatic hydroxyl groups is 1. The lowest BCUT2D eigenvalue weighted by molar-refractivity contribution is -0.0116. The molecule has 0 aliphatic rings. The number of unbranched alkanes of at least 4 members (excludes halogenated alkanes) is 9.